The quantitative estimate of drug-likeness (QED) is 0.565. The van der Waals surface area contributed by atoms with Crippen molar-refractivity contribution in [1.29, 1.82) is 0 Å². The lowest BCUT2D eigenvalue weighted by atomic mass is 10.3. The van der Waals surface area contributed by atoms with Gasteiger partial charge >= 0.3 is 0 Å². The Balaban J connectivity index is 2.37. The Morgan fingerprint density at radius 3 is 2.64 bits per heavy atom. The van der Waals surface area contributed by atoms with E-state index in [1.165, 1.54) is 4.90 Å². The van der Waals surface area contributed by atoms with E-state index in [9.17, 15) is 9.59 Å². The third-order valence-electron chi connectivity index (χ3n) is 2.25. The molecule has 1 aliphatic rings. The van der Waals surface area contributed by atoms with Crippen LogP contribution in [0.3, 0.4) is 0 Å². The number of rotatable bonds is 4. The van der Waals surface area contributed by atoms with Crippen LogP contribution in [0, 0.1) is 0 Å². The van der Waals surface area contributed by atoms with Gasteiger partial charge in [-0.25, -0.2) is 0 Å². The minimum atomic E-state index is 0.00187. The summed E-state index contributed by atoms with van der Waals surface area (Å²) in [5.74, 6) is 0.0187. The summed E-state index contributed by atoms with van der Waals surface area (Å²) < 4.78 is 4.88. The average molecular weight is 200 g/mol. The molecule has 0 spiro atoms. The summed E-state index contributed by atoms with van der Waals surface area (Å²) in [6, 6.07) is 0. The summed E-state index contributed by atoms with van der Waals surface area (Å²) in [7, 11) is 3.27. The Labute approximate surface area is 83.6 Å². The van der Waals surface area contributed by atoms with E-state index < -0.39 is 0 Å². The number of hydrogen-bond acceptors (Lipinski definition) is 3. The number of likely N-dealkylation sites (N-methyl/N-ethyl adjacent to an activating group) is 1. The van der Waals surface area contributed by atoms with E-state index in [2.05, 4.69) is 0 Å². The molecular formula is C9H16N2O3. The minimum absolute atomic E-state index is 0.00187. The molecule has 1 saturated heterocycles. The second-order valence-corrected chi connectivity index (χ2v) is 3.41. The summed E-state index contributed by atoms with van der Waals surface area (Å²) in [6.45, 7) is 1.63. The summed E-state index contributed by atoms with van der Waals surface area (Å²) in [5, 5.41) is 0. The fourth-order valence-corrected chi connectivity index (χ4v) is 1.37. The zero-order valence-electron chi connectivity index (χ0n) is 8.65. The van der Waals surface area contributed by atoms with Gasteiger partial charge in [-0.15, -0.1) is 0 Å². The second-order valence-electron chi connectivity index (χ2n) is 3.41. The van der Waals surface area contributed by atoms with Crippen molar-refractivity contribution >= 4 is 11.8 Å². The highest BCUT2D eigenvalue weighted by atomic mass is 16.5. The Morgan fingerprint density at radius 2 is 2.00 bits per heavy atom. The molecule has 0 N–H and O–H groups in total. The molecule has 80 valence electrons. The lowest BCUT2D eigenvalue weighted by molar-refractivity contribution is -0.148. The number of amides is 2. The van der Waals surface area contributed by atoms with Gasteiger partial charge in [0.2, 0.25) is 11.8 Å². The maximum absolute atomic E-state index is 11.4. The predicted octanol–water partition coefficient (Wildman–Crippen LogP) is -0.676. The van der Waals surface area contributed by atoms with E-state index in [4.69, 9.17) is 4.74 Å². The van der Waals surface area contributed by atoms with E-state index in [0.717, 1.165) is 6.42 Å². The molecule has 0 aromatic heterocycles. The van der Waals surface area contributed by atoms with Gasteiger partial charge in [0.25, 0.3) is 0 Å². The van der Waals surface area contributed by atoms with Gasteiger partial charge in [-0.2, -0.15) is 0 Å². The molecule has 0 radical (unpaired) electrons. The summed E-state index contributed by atoms with van der Waals surface area (Å²) in [4.78, 5) is 25.8. The highest BCUT2D eigenvalue weighted by Crippen LogP contribution is 2.03. The molecule has 0 unspecified atom stereocenters. The van der Waals surface area contributed by atoms with Gasteiger partial charge in [0.05, 0.1) is 13.1 Å². The van der Waals surface area contributed by atoms with E-state index >= 15 is 0 Å². The van der Waals surface area contributed by atoms with Gasteiger partial charge in [0.15, 0.2) is 0 Å². The average Bonchev–Trinajstić information content (AvgIpc) is 2.14. The van der Waals surface area contributed by atoms with Crippen LogP contribution in [0.25, 0.3) is 0 Å². The minimum Gasteiger partial charge on any atom is -0.385 e. The lowest BCUT2D eigenvalue weighted by Crippen LogP contribution is -2.52. The Bertz CT molecular complexity index is 230. The van der Waals surface area contributed by atoms with Crippen molar-refractivity contribution in [2.24, 2.45) is 0 Å². The zero-order valence-corrected chi connectivity index (χ0v) is 8.65. The number of nitrogens with zero attached hydrogens (tertiary/aromatic N) is 2. The van der Waals surface area contributed by atoms with Crippen LogP contribution in [0.5, 0.6) is 0 Å². The molecule has 14 heavy (non-hydrogen) atoms. The molecule has 0 atom stereocenters. The van der Waals surface area contributed by atoms with Crippen molar-refractivity contribution in [2.45, 2.75) is 6.42 Å². The molecule has 0 aromatic rings. The van der Waals surface area contributed by atoms with Crippen molar-refractivity contribution in [3.8, 4) is 0 Å². The van der Waals surface area contributed by atoms with Crippen LogP contribution < -0.4 is 0 Å². The topological polar surface area (TPSA) is 49.9 Å². The molecule has 0 aliphatic carbocycles. The van der Waals surface area contributed by atoms with Gasteiger partial charge in [0, 0.05) is 27.3 Å². The molecule has 1 aliphatic heterocycles. The molecule has 0 bridgehead atoms. The summed E-state index contributed by atoms with van der Waals surface area (Å²) in [5.41, 5.74) is 0. The van der Waals surface area contributed by atoms with E-state index in [0.29, 0.717) is 13.2 Å². The molecule has 5 nitrogen and oxygen atoms in total. The van der Waals surface area contributed by atoms with Crippen LogP contribution in [-0.4, -0.2) is 62.0 Å². The van der Waals surface area contributed by atoms with Gasteiger partial charge in [-0.3, -0.25) is 9.59 Å². The van der Waals surface area contributed by atoms with Crippen LogP contribution in [-0.2, 0) is 14.3 Å². The molecule has 5 heteroatoms. The van der Waals surface area contributed by atoms with Crippen LogP contribution in [0.4, 0.5) is 0 Å². The van der Waals surface area contributed by atoms with Crippen molar-refractivity contribution in [3.63, 3.8) is 0 Å². The highest BCUT2D eigenvalue weighted by molar-refractivity contribution is 5.92. The van der Waals surface area contributed by atoms with Crippen molar-refractivity contribution in [2.75, 3.05) is 40.4 Å². The first-order valence-electron chi connectivity index (χ1n) is 4.66. The van der Waals surface area contributed by atoms with Gasteiger partial charge in [-0.05, 0) is 6.42 Å². The van der Waals surface area contributed by atoms with Crippen molar-refractivity contribution < 1.29 is 14.3 Å². The number of piperazine rings is 1. The maximum Gasteiger partial charge on any atom is 0.242 e. The standard InChI is InChI=1S/C9H16N2O3/c1-10-6-9(13)11(7-8(10)12)4-3-5-14-2/h3-7H2,1-2H3. The smallest absolute Gasteiger partial charge is 0.242 e. The van der Waals surface area contributed by atoms with E-state index in [1.807, 2.05) is 0 Å². The second kappa shape index (κ2) is 4.95. The first-order chi connectivity index (χ1) is 6.65. The van der Waals surface area contributed by atoms with Crippen LogP contribution in [0.1, 0.15) is 6.42 Å². The fraction of sp³-hybridized carbons (Fsp3) is 0.778. The van der Waals surface area contributed by atoms with Gasteiger partial charge in [-0.1, -0.05) is 0 Å². The van der Waals surface area contributed by atoms with Crippen LogP contribution >= 0.6 is 0 Å². The van der Waals surface area contributed by atoms with Crippen LogP contribution in [0.15, 0.2) is 0 Å². The Kier molecular flexibility index (Phi) is 3.88. The summed E-state index contributed by atoms with van der Waals surface area (Å²) >= 11 is 0. The molecule has 2 amide bonds. The largest absolute Gasteiger partial charge is 0.385 e. The predicted molar refractivity (Wildman–Crippen MR) is 50.7 cm³/mol. The third kappa shape index (κ3) is 2.70. The normalized spacial score (nSPS) is 17.9. The number of methoxy groups -OCH3 is 1. The zero-order chi connectivity index (χ0) is 10.6. The van der Waals surface area contributed by atoms with Crippen molar-refractivity contribution in [3.05, 3.63) is 0 Å². The molecule has 0 aromatic carbocycles. The van der Waals surface area contributed by atoms with E-state index in [-0.39, 0.29) is 24.9 Å². The Hall–Kier alpha value is -1.10. The highest BCUT2D eigenvalue weighted by Gasteiger charge is 2.26. The van der Waals surface area contributed by atoms with Crippen LogP contribution in [0.2, 0.25) is 0 Å². The SMILES string of the molecule is COCCCN1CC(=O)N(C)CC1=O. The molecule has 0 saturated carbocycles. The number of carbonyl (C=O) groups excluding carboxylic acids is 2. The molecule has 1 heterocycles. The van der Waals surface area contributed by atoms with Gasteiger partial charge < -0.3 is 14.5 Å². The monoisotopic (exact) mass is 200 g/mol. The molecular weight excluding hydrogens is 184 g/mol. The van der Waals surface area contributed by atoms with E-state index in [1.54, 1.807) is 19.1 Å². The Morgan fingerprint density at radius 1 is 1.29 bits per heavy atom. The first kappa shape index (κ1) is 11.0. The molecule has 1 rings (SSSR count). The first-order valence-corrected chi connectivity index (χ1v) is 4.66. The number of carbonyl (C=O) groups is 2. The summed E-state index contributed by atoms with van der Waals surface area (Å²) in [6.07, 6.45) is 0.777. The fourth-order valence-electron chi connectivity index (χ4n) is 1.37. The van der Waals surface area contributed by atoms with Crippen molar-refractivity contribution in [1.82, 2.24) is 9.80 Å². The lowest BCUT2D eigenvalue weighted by Gasteiger charge is -2.31. The third-order valence-corrected chi connectivity index (χ3v) is 2.25. The van der Waals surface area contributed by atoms with Gasteiger partial charge in [0.1, 0.15) is 0 Å². The molecule has 1 fully saturated rings. The number of ether oxygens (including phenoxy) is 1. The number of hydrogen-bond donors (Lipinski definition) is 0. The maximum atomic E-state index is 11.4.